The molecule has 3 nitrogen and oxygen atoms in total. The van der Waals surface area contributed by atoms with E-state index in [0.717, 1.165) is 6.42 Å². The maximum Gasteiger partial charge on any atom is 0.287 e. The topological polar surface area (TPSA) is 42.2 Å². The van der Waals surface area contributed by atoms with Crippen LogP contribution in [0.2, 0.25) is 0 Å². The monoisotopic (exact) mass is 241 g/mol. The second-order valence-electron chi connectivity index (χ2n) is 4.81. The number of furan rings is 1. The Labute approximate surface area is 106 Å². The molecule has 2 atom stereocenters. The molecule has 92 valence electrons. The summed E-state index contributed by atoms with van der Waals surface area (Å²) in [6, 6.07) is 11.8. The average molecular weight is 241 g/mol. The minimum Gasteiger partial charge on any atom is -0.459 e. The Kier molecular flexibility index (Phi) is 2.67. The molecule has 1 amide bonds. The van der Waals surface area contributed by atoms with E-state index >= 15 is 0 Å². The van der Waals surface area contributed by atoms with Crippen molar-refractivity contribution in [2.24, 2.45) is 5.92 Å². The summed E-state index contributed by atoms with van der Waals surface area (Å²) in [5, 5.41) is 3.05. The van der Waals surface area contributed by atoms with Crippen LogP contribution in [-0.2, 0) is 6.42 Å². The summed E-state index contributed by atoms with van der Waals surface area (Å²) in [5.41, 5.74) is 2.56. The zero-order valence-electron chi connectivity index (χ0n) is 10.2. The molecule has 3 heteroatoms. The predicted molar refractivity (Wildman–Crippen MR) is 68.2 cm³/mol. The summed E-state index contributed by atoms with van der Waals surface area (Å²) in [4.78, 5) is 12.0. The van der Waals surface area contributed by atoms with Crippen LogP contribution < -0.4 is 5.32 Å². The second-order valence-corrected chi connectivity index (χ2v) is 4.81. The first-order valence-corrected chi connectivity index (χ1v) is 6.18. The van der Waals surface area contributed by atoms with Gasteiger partial charge in [0.25, 0.3) is 5.91 Å². The molecule has 1 aromatic heterocycles. The largest absolute Gasteiger partial charge is 0.459 e. The van der Waals surface area contributed by atoms with Gasteiger partial charge >= 0.3 is 0 Å². The van der Waals surface area contributed by atoms with Gasteiger partial charge in [-0.15, -0.1) is 0 Å². The van der Waals surface area contributed by atoms with Crippen LogP contribution in [0.1, 0.15) is 34.6 Å². The van der Waals surface area contributed by atoms with Crippen LogP contribution in [0.3, 0.4) is 0 Å². The van der Waals surface area contributed by atoms with Crippen molar-refractivity contribution < 1.29 is 9.21 Å². The third-order valence-corrected chi connectivity index (χ3v) is 3.53. The summed E-state index contributed by atoms with van der Waals surface area (Å²) in [6.07, 6.45) is 2.53. The Balaban J connectivity index is 1.83. The smallest absolute Gasteiger partial charge is 0.287 e. The molecule has 0 saturated carbocycles. The zero-order valence-corrected chi connectivity index (χ0v) is 10.2. The molecule has 0 spiro atoms. The average Bonchev–Trinajstić information content (AvgIpc) is 2.98. The molecular weight excluding hydrogens is 226 g/mol. The lowest BCUT2D eigenvalue weighted by Crippen LogP contribution is -2.30. The third-order valence-electron chi connectivity index (χ3n) is 3.53. The normalized spacial score (nSPS) is 21.6. The molecule has 0 fully saturated rings. The number of nitrogens with one attached hydrogen (secondary N) is 1. The molecule has 0 bridgehead atoms. The van der Waals surface area contributed by atoms with Gasteiger partial charge in [-0.25, -0.2) is 0 Å². The van der Waals surface area contributed by atoms with Gasteiger partial charge in [0.2, 0.25) is 0 Å². The van der Waals surface area contributed by atoms with Crippen molar-refractivity contribution in [1.29, 1.82) is 0 Å². The Morgan fingerprint density at radius 2 is 2.11 bits per heavy atom. The number of carbonyl (C=O) groups is 1. The Hall–Kier alpha value is -2.03. The zero-order chi connectivity index (χ0) is 12.5. The fourth-order valence-corrected chi connectivity index (χ4v) is 2.63. The maximum absolute atomic E-state index is 12.0. The number of hydrogen-bond acceptors (Lipinski definition) is 2. The summed E-state index contributed by atoms with van der Waals surface area (Å²) in [6.45, 7) is 2.16. The second kappa shape index (κ2) is 4.33. The fourth-order valence-electron chi connectivity index (χ4n) is 2.63. The first-order chi connectivity index (χ1) is 8.75. The molecule has 18 heavy (non-hydrogen) atoms. The van der Waals surface area contributed by atoms with E-state index in [1.165, 1.54) is 17.4 Å². The molecule has 2 aromatic rings. The van der Waals surface area contributed by atoms with Crippen molar-refractivity contribution >= 4 is 5.91 Å². The maximum atomic E-state index is 12.0. The number of rotatable bonds is 2. The highest BCUT2D eigenvalue weighted by Gasteiger charge is 2.30. The van der Waals surface area contributed by atoms with Gasteiger partial charge in [-0.1, -0.05) is 31.2 Å². The number of hydrogen-bond donors (Lipinski definition) is 1. The van der Waals surface area contributed by atoms with Gasteiger partial charge in [-0.3, -0.25) is 4.79 Å². The Morgan fingerprint density at radius 1 is 1.28 bits per heavy atom. The Bertz CT molecular complexity index is 560. The van der Waals surface area contributed by atoms with Crippen molar-refractivity contribution in [2.75, 3.05) is 0 Å². The van der Waals surface area contributed by atoms with Gasteiger partial charge < -0.3 is 9.73 Å². The molecule has 1 aromatic carbocycles. The highest BCUT2D eigenvalue weighted by molar-refractivity contribution is 5.91. The van der Waals surface area contributed by atoms with Crippen LogP contribution in [0.15, 0.2) is 47.1 Å². The van der Waals surface area contributed by atoms with E-state index < -0.39 is 0 Å². The predicted octanol–water partition coefficient (Wildman–Crippen LogP) is 2.94. The van der Waals surface area contributed by atoms with Gasteiger partial charge in [0.15, 0.2) is 5.76 Å². The molecular formula is C15H15NO2. The molecule has 0 saturated heterocycles. The SMILES string of the molecule is C[C@@H]1Cc2ccccc2[C@@H]1NC(=O)c1ccco1. The van der Waals surface area contributed by atoms with Crippen molar-refractivity contribution in [3.63, 3.8) is 0 Å². The Morgan fingerprint density at radius 3 is 2.89 bits per heavy atom. The molecule has 0 radical (unpaired) electrons. The fraction of sp³-hybridized carbons (Fsp3) is 0.267. The standard InChI is InChI=1S/C15H15NO2/c1-10-9-11-5-2-3-6-12(11)14(10)16-15(17)13-7-4-8-18-13/h2-8,10,14H,9H2,1H3,(H,16,17)/t10-,14-/m1/s1. The minimum absolute atomic E-state index is 0.0822. The lowest BCUT2D eigenvalue weighted by atomic mass is 10.0. The van der Waals surface area contributed by atoms with Crippen LogP contribution in [0.4, 0.5) is 0 Å². The van der Waals surface area contributed by atoms with Crippen molar-refractivity contribution in [3.05, 3.63) is 59.5 Å². The lowest BCUT2D eigenvalue weighted by Gasteiger charge is -2.17. The van der Waals surface area contributed by atoms with Crippen molar-refractivity contribution in [1.82, 2.24) is 5.32 Å². The molecule has 0 aliphatic heterocycles. The number of benzene rings is 1. The molecule has 1 aliphatic rings. The van der Waals surface area contributed by atoms with E-state index in [-0.39, 0.29) is 11.9 Å². The van der Waals surface area contributed by atoms with Gasteiger partial charge in [0.05, 0.1) is 12.3 Å². The van der Waals surface area contributed by atoms with Gasteiger partial charge in [0, 0.05) is 0 Å². The van der Waals surface area contributed by atoms with E-state index in [1.54, 1.807) is 12.1 Å². The molecule has 0 unspecified atom stereocenters. The van der Waals surface area contributed by atoms with Crippen LogP contribution in [0.5, 0.6) is 0 Å². The summed E-state index contributed by atoms with van der Waals surface area (Å²) < 4.78 is 5.12. The van der Waals surface area contributed by atoms with E-state index in [4.69, 9.17) is 4.42 Å². The van der Waals surface area contributed by atoms with Crippen LogP contribution in [-0.4, -0.2) is 5.91 Å². The van der Waals surface area contributed by atoms with Gasteiger partial charge in [-0.2, -0.15) is 0 Å². The summed E-state index contributed by atoms with van der Waals surface area (Å²) in [5.74, 6) is 0.640. The summed E-state index contributed by atoms with van der Waals surface area (Å²) >= 11 is 0. The van der Waals surface area contributed by atoms with E-state index in [2.05, 4.69) is 24.4 Å². The van der Waals surface area contributed by atoms with E-state index in [9.17, 15) is 4.79 Å². The molecule has 3 rings (SSSR count). The lowest BCUT2D eigenvalue weighted by molar-refractivity contribution is 0.0899. The quantitative estimate of drug-likeness (QED) is 0.878. The highest BCUT2D eigenvalue weighted by atomic mass is 16.3. The van der Waals surface area contributed by atoms with Crippen LogP contribution >= 0.6 is 0 Å². The van der Waals surface area contributed by atoms with Crippen LogP contribution in [0.25, 0.3) is 0 Å². The number of amides is 1. The van der Waals surface area contributed by atoms with E-state index in [1.807, 2.05) is 12.1 Å². The molecule has 1 aliphatic carbocycles. The number of carbonyl (C=O) groups excluding carboxylic acids is 1. The van der Waals surface area contributed by atoms with E-state index in [0.29, 0.717) is 11.7 Å². The first-order valence-electron chi connectivity index (χ1n) is 6.18. The molecule has 1 heterocycles. The number of fused-ring (bicyclic) bond motifs is 1. The van der Waals surface area contributed by atoms with Crippen molar-refractivity contribution in [3.8, 4) is 0 Å². The molecule has 1 N–H and O–H groups in total. The van der Waals surface area contributed by atoms with Crippen molar-refractivity contribution in [2.45, 2.75) is 19.4 Å². The van der Waals surface area contributed by atoms with Gasteiger partial charge in [-0.05, 0) is 35.6 Å². The summed E-state index contributed by atoms with van der Waals surface area (Å²) in [7, 11) is 0. The highest BCUT2D eigenvalue weighted by Crippen LogP contribution is 2.35. The first kappa shape index (κ1) is 11.1. The third kappa shape index (κ3) is 1.82. The minimum atomic E-state index is -0.145. The van der Waals surface area contributed by atoms with Gasteiger partial charge in [0.1, 0.15) is 0 Å². The van der Waals surface area contributed by atoms with Crippen LogP contribution in [0, 0.1) is 5.92 Å².